The molecule has 2 aromatic carbocycles. The first kappa shape index (κ1) is 18.9. The summed E-state index contributed by atoms with van der Waals surface area (Å²) in [6.07, 6.45) is 0. The number of aromatic hydroxyl groups is 2. The molecule has 1 amide bonds. The highest BCUT2D eigenvalue weighted by atomic mass is 16.3. The number of hydrogen-bond donors (Lipinski definition) is 2. The van der Waals surface area contributed by atoms with E-state index in [0.717, 1.165) is 13.1 Å². The van der Waals surface area contributed by atoms with Gasteiger partial charge in [-0.3, -0.25) is 4.79 Å². The van der Waals surface area contributed by atoms with E-state index >= 15 is 0 Å². The number of benzene rings is 2. The fraction of sp³-hybridized carbons (Fsp3) is 0.286. The molecule has 29 heavy (non-hydrogen) atoms. The minimum Gasteiger partial charge on any atom is -0.507 e. The molecule has 0 spiro atoms. The molecule has 1 aliphatic rings. The largest absolute Gasteiger partial charge is 0.507 e. The van der Waals surface area contributed by atoms with Gasteiger partial charge in [0.25, 0.3) is 0 Å². The second-order valence-electron chi connectivity index (χ2n) is 7.14. The van der Waals surface area contributed by atoms with E-state index < -0.39 is 0 Å². The number of nitrogens with zero attached hydrogens (tertiary/aromatic N) is 5. The molecule has 0 bridgehead atoms. The van der Waals surface area contributed by atoms with Crippen molar-refractivity contribution in [2.75, 3.05) is 33.2 Å². The molecule has 4 rings (SSSR count). The van der Waals surface area contributed by atoms with E-state index in [4.69, 9.17) is 0 Å². The number of carbonyl (C=O) groups is 1. The lowest BCUT2D eigenvalue weighted by atomic mass is 10.2. The van der Waals surface area contributed by atoms with Crippen LogP contribution in [0.15, 0.2) is 48.5 Å². The Bertz CT molecular complexity index is 1020. The SMILES string of the molecule is CN1CCN(C(=O)Cn2nc(-c3ccccc3O)nc2-c2ccccc2O)CC1. The second-order valence-corrected chi connectivity index (χ2v) is 7.14. The van der Waals surface area contributed by atoms with Gasteiger partial charge in [0.2, 0.25) is 5.91 Å². The van der Waals surface area contributed by atoms with Crippen molar-refractivity contribution in [2.45, 2.75) is 6.54 Å². The van der Waals surface area contributed by atoms with Crippen molar-refractivity contribution >= 4 is 5.91 Å². The molecule has 2 N–H and O–H groups in total. The smallest absolute Gasteiger partial charge is 0.244 e. The number of aromatic nitrogens is 3. The summed E-state index contributed by atoms with van der Waals surface area (Å²) < 4.78 is 1.50. The van der Waals surface area contributed by atoms with Crippen LogP contribution in [-0.4, -0.2) is 73.9 Å². The minimum absolute atomic E-state index is 0.00791. The summed E-state index contributed by atoms with van der Waals surface area (Å²) in [4.78, 5) is 21.4. The zero-order valence-electron chi connectivity index (χ0n) is 16.2. The molecule has 3 aromatic rings. The van der Waals surface area contributed by atoms with Gasteiger partial charge in [-0.25, -0.2) is 9.67 Å². The molecule has 8 nitrogen and oxygen atoms in total. The van der Waals surface area contributed by atoms with Crippen molar-refractivity contribution < 1.29 is 15.0 Å². The Morgan fingerprint density at radius 1 is 0.931 bits per heavy atom. The normalized spacial score (nSPS) is 14.9. The predicted molar refractivity (Wildman–Crippen MR) is 108 cm³/mol. The van der Waals surface area contributed by atoms with E-state index in [2.05, 4.69) is 15.0 Å². The summed E-state index contributed by atoms with van der Waals surface area (Å²) >= 11 is 0. The van der Waals surface area contributed by atoms with Crippen LogP contribution >= 0.6 is 0 Å². The molecule has 0 radical (unpaired) electrons. The van der Waals surface area contributed by atoms with Gasteiger partial charge in [-0.2, -0.15) is 0 Å². The molecule has 1 aromatic heterocycles. The van der Waals surface area contributed by atoms with Gasteiger partial charge in [0.15, 0.2) is 11.6 Å². The summed E-state index contributed by atoms with van der Waals surface area (Å²) in [7, 11) is 2.04. The van der Waals surface area contributed by atoms with Crippen LogP contribution in [0.2, 0.25) is 0 Å². The van der Waals surface area contributed by atoms with Crippen LogP contribution < -0.4 is 0 Å². The van der Waals surface area contributed by atoms with E-state index in [1.807, 2.05) is 11.9 Å². The van der Waals surface area contributed by atoms with Crippen LogP contribution in [0.3, 0.4) is 0 Å². The van der Waals surface area contributed by atoms with E-state index in [1.165, 1.54) is 4.68 Å². The number of phenols is 2. The van der Waals surface area contributed by atoms with Gasteiger partial charge in [-0.1, -0.05) is 24.3 Å². The molecule has 0 unspecified atom stereocenters. The number of piperazine rings is 1. The highest BCUT2D eigenvalue weighted by Crippen LogP contribution is 2.32. The van der Waals surface area contributed by atoms with E-state index in [9.17, 15) is 15.0 Å². The van der Waals surface area contributed by atoms with Crippen molar-refractivity contribution in [3.05, 3.63) is 48.5 Å². The van der Waals surface area contributed by atoms with E-state index in [-0.39, 0.29) is 24.0 Å². The third-order valence-corrected chi connectivity index (χ3v) is 5.10. The van der Waals surface area contributed by atoms with Crippen molar-refractivity contribution in [2.24, 2.45) is 0 Å². The Kier molecular flexibility index (Phi) is 5.18. The number of para-hydroxylation sites is 2. The maximum Gasteiger partial charge on any atom is 0.244 e. The van der Waals surface area contributed by atoms with Crippen LogP contribution in [0.25, 0.3) is 22.8 Å². The molecule has 8 heteroatoms. The Hall–Kier alpha value is -3.39. The van der Waals surface area contributed by atoms with Gasteiger partial charge >= 0.3 is 0 Å². The zero-order chi connectivity index (χ0) is 20.4. The number of hydrogen-bond acceptors (Lipinski definition) is 6. The van der Waals surface area contributed by atoms with Crippen LogP contribution in [0, 0.1) is 0 Å². The fourth-order valence-electron chi connectivity index (χ4n) is 3.38. The number of carbonyl (C=O) groups excluding carboxylic acids is 1. The predicted octanol–water partition coefficient (Wildman–Crippen LogP) is 1.80. The summed E-state index contributed by atoms with van der Waals surface area (Å²) in [6, 6.07) is 13.6. The highest BCUT2D eigenvalue weighted by Gasteiger charge is 2.23. The molecule has 1 saturated heterocycles. The van der Waals surface area contributed by atoms with E-state index in [0.29, 0.717) is 35.9 Å². The third kappa shape index (κ3) is 3.93. The highest BCUT2D eigenvalue weighted by molar-refractivity contribution is 5.77. The minimum atomic E-state index is -0.0523. The Morgan fingerprint density at radius 3 is 2.14 bits per heavy atom. The summed E-state index contributed by atoms with van der Waals surface area (Å²) in [5.74, 6) is 0.732. The number of likely N-dealkylation sites (N-methyl/N-ethyl adjacent to an activating group) is 1. The first-order chi connectivity index (χ1) is 14.0. The van der Waals surface area contributed by atoms with Crippen LogP contribution in [0.1, 0.15) is 0 Å². The first-order valence-electron chi connectivity index (χ1n) is 9.51. The van der Waals surface area contributed by atoms with Gasteiger partial charge in [-0.15, -0.1) is 5.10 Å². The van der Waals surface area contributed by atoms with Crippen molar-refractivity contribution in [3.63, 3.8) is 0 Å². The van der Waals surface area contributed by atoms with Crippen LogP contribution in [0.5, 0.6) is 11.5 Å². The van der Waals surface area contributed by atoms with Crippen LogP contribution in [-0.2, 0) is 11.3 Å². The first-order valence-corrected chi connectivity index (χ1v) is 9.51. The fourth-order valence-corrected chi connectivity index (χ4v) is 3.38. The summed E-state index contributed by atoms with van der Waals surface area (Å²) in [5, 5.41) is 25.0. The molecule has 0 atom stereocenters. The topological polar surface area (TPSA) is 94.7 Å². The molecular formula is C21H23N5O3. The van der Waals surface area contributed by atoms with Crippen molar-refractivity contribution in [1.82, 2.24) is 24.6 Å². The van der Waals surface area contributed by atoms with E-state index in [1.54, 1.807) is 48.5 Å². The number of phenolic OH excluding ortho intramolecular Hbond substituents is 2. The Labute approximate surface area is 168 Å². The lowest BCUT2D eigenvalue weighted by molar-refractivity contribution is -0.133. The molecule has 150 valence electrons. The van der Waals surface area contributed by atoms with Gasteiger partial charge in [0.05, 0.1) is 11.1 Å². The Morgan fingerprint density at radius 2 is 1.52 bits per heavy atom. The molecule has 1 fully saturated rings. The monoisotopic (exact) mass is 393 g/mol. The maximum absolute atomic E-state index is 12.9. The van der Waals surface area contributed by atoms with Gasteiger partial charge in [-0.05, 0) is 31.3 Å². The van der Waals surface area contributed by atoms with Crippen LogP contribution in [0.4, 0.5) is 0 Å². The molecule has 0 saturated carbocycles. The number of amides is 1. The lowest BCUT2D eigenvalue weighted by Crippen LogP contribution is -2.48. The van der Waals surface area contributed by atoms with Crippen molar-refractivity contribution in [1.29, 1.82) is 0 Å². The van der Waals surface area contributed by atoms with Gasteiger partial charge in [0, 0.05) is 26.2 Å². The maximum atomic E-state index is 12.9. The molecule has 1 aliphatic heterocycles. The average Bonchev–Trinajstić information content (AvgIpc) is 3.12. The molecular weight excluding hydrogens is 370 g/mol. The summed E-state index contributed by atoms with van der Waals surface area (Å²) in [5.41, 5.74) is 0.947. The second kappa shape index (κ2) is 7.92. The zero-order valence-corrected chi connectivity index (χ0v) is 16.2. The number of rotatable bonds is 4. The lowest BCUT2D eigenvalue weighted by Gasteiger charge is -2.32. The quantitative estimate of drug-likeness (QED) is 0.702. The van der Waals surface area contributed by atoms with Gasteiger partial charge < -0.3 is 20.0 Å². The van der Waals surface area contributed by atoms with Gasteiger partial charge in [0.1, 0.15) is 18.0 Å². The van der Waals surface area contributed by atoms with Crippen molar-refractivity contribution in [3.8, 4) is 34.3 Å². The third-order valence-electron chi connectivity index (χ3n) is 5.10. The standard InChI is InChI=1S/C21H23N5O3/c1-24-10-12-25(13-11-24)19(29)14-26-21(16-7-3-5-9-18(16)28)22-20(23-26)15-6-2-4-8-17(15)27/h2-9,27-28H,10-14H2,1H3. The molecule has 0 aliphatic carbocycles. The summed E-state index contributed by atoms with van der Waals surface area (Å²) in [6.45, 7) is 3.01. The Balaban J connectivity index is 1.71. The molecule has 2 heterocycles. The average molecular weight is 393 g/mol.